The van der Waals surface area contributed by atoms with Gasteiger partial charge in [-0.1, -0.05) is 0 Å². The summed E-state index contributed by atoms with van der Waals surface area (Å²) in [5, 5.41) is 11.9. The van der Waals surface area contributed by atoms with Crippen molar-refractivity contribution >= 4 is 17.0 Å². The van der Waals surface area contributed by atoms with Gasteiger partial charge in [-0.25, -0.2) is 9.97 Å². The van der Waals surface area contributed by atoms with Crippen molar-refractivity contribution in [1.82, 2.24) is 14.4 Å². The lowest BCUT2D eigenvalue weighted by molar-refractivity contribution is 0.248. The van der Waals surface area contributed by atoms with Gasteiger partial charge in [0.25, 0.3) is 0 Å². The lowest BCUT2D eigenvalue weighted by atomic mass is 10.2. The van der Waals surface area contributed by atoms with Gasteiger partial charge >= 0.3 is 0 Å². The first-order chi connectivity index (χ1) is 10.3. The minimum absolute atomic E-state index is 0.0957. The van der Waals surface area contributed by atoms with E-state index >= 15 is 0 Å². The molecule has 0 aliphatic heterocycles. The van der Waals surface area contributed by atoms with Crippen molar-refractivity contribution in [2.75, 3.05) is 0 Å². The van der Waals surface area contributed by atoms with E-state index in [1.807, 2.05) is 40.4 Å². The molecule has 0 atom stereocenters. The van der Waals surface area contributed by atoms with Gasteiger partial charge in [0, 0.05) is 29.5 Å². The van der Waals surface area contributed by atoms with Gasteiger partial charge in [0.2, 0.25) is 0 Å². The number of thiazole rings is 1. The maximum atomic E-state index is 9.06. The van der Waals surface area contributed by atoms with Crippen LogP contribution in [0.3, 0.4) is 0 Å². The third-order valence-electron chi connectivity index (χ3n) is 3.20. The molecule has 4 aromatic rings. The Morgan fingerprint density at radius 3 is 2.90 bits per heavy atom. The van der Waals surface area contributed by atoms with Gasteiger partial charge in [-0.2, -0.15) is 0 Å². The third-order valence-corrected chi connectivity index (χ3v) is 4.00. The van der Waals surface area contributed by atoms with E-state index in [4.69, 9.17) is 9.52 Å². The Bertz CT molecular complexity index is 893. The van der Waals surface area contributed by atoms with Crippen molar-refractivity contribution in [3.63, 3.8) is 0 Å². The summed E-state index contributed by atoms with van der Waals surface area (Å²) >= 11 is 1.56. The van der Waals surface area contributed by atoms with E-state index in [9.17, 15) is 0 Å². The summed E-state index contributed by atoms with van der Waals surface area (Å²) in [5.74, 6) is 1.28. The smallest absolute Gasteiger partial charge is 0.143 e. The molecule has 6 heteroatoms. The summed E-state index contributed by atoms with van der Waals surface area (Å²) in [7, 11) is 0. The Morgan fingerprint density at radius 2 is 2.14 bits per heavy atom. The van der Waals surface area contributed by atoms with Gasteiger partial charge in [-0.3, -0.25) is 0 Å². The number of nitrogens with zero attached hydrogens (tertiary/aromatic N) is 3. The molecule has 1 N–H and O–H groups in total. The van der Waals surface area contributed by atoms with Gasteiger partial charge in [0.1, 0.15) is 34.5 Å². The van der Waals surface area contributed by atoms with Gasteiger partial charge in [0.15, 0.2) is 0 Å². The fourth-order valence-electron chi connectivity index (χ4n) is 2.21. The average Bonchev–Trinajstić information content (AvgIpc) is 3.24. The van der Waals surface area contributed by atoms with Gasteiger partial charge in [-0.05, 0) is 24.3 Å². The molecule has 0 bridgehead atoms. The molecule has 0 saturated carbocycles. The highest BCUT2D eigenvalue weighted by molar-refractivity contribution is 7.13. The number of aromatic nitrogens is 3. The Hall–Kier alpha value is -2.44. The molecule has 4 heterocycles. The van der Waals surface area contributed by atoms with Crippen LogP contribution in [0.25, 0.3) is 27.7 Å². The maximum Gasteiger partial charge on any atom is 0.143 e. The molecule has 104 valence electrons. The molecular formula is C15H11N3O2S. The molecule has 0 saturated heterocycles. The molecule has 0 amide bonds. The van der Waals surface area contributed by atoms with E-state index < -0.39 is 0 Å². The van der Waals surface area contributed by atoms with Crippen LogP contribution in [-0.4, -0.2) is 19.5 Å². The molecule has 0 aliphatic carbocycles. The lowest BCUT2D eigenvalue weighted by Crippen LogP contribution is -1.84. The highest BCUT2D eigenvalue weighted by atomic mass is 32.1. The fourth-order valence-corrected chi connectivity index (χ4v) is 2.80. The second-order valence-corrected chi connectivity index (χ2v) is 5.47. The van der Waals surface area contributed by atoms with E-state index in [2.05, 4.69) is 9.97 Å². The van der Waals surface area contributed by atoms with Crippen LogP contribution in [0.5, 0.6) is 0 Å². The Balaban J connectivity index is 1.79. The monoisotopic (exact) mass is 297 g/mol. The van der Waals surface area contributed by atoms with Crippen LogP contribution in [0, 0.1) is 0 Å². The fraction of sp³-hybridized carbons (Fsp3) is 0.0667. The number of hydrogen-bond donors (Lipinski definition) is 1. The summed E-state index contributed by atoms with van der Waals surface area (Å²) in [6.07, 6.45) is 5.68. The minimum Gasteiger partial charge on any atom is -0.459 e. The van der Waals surface area contributed by atoms with Crippen molar-refractivity contribution in [1.29, 1.82) is 0 Å². The molecule has 5 nitrogen and oxygen atoms in total. The van der Waals surface area contributed by atoms with E-state index in [0.717, 1.165) is 27.7 Å². The number of imidazole rings is 1. The maximum absolute atomic E-state index is 9.06. The molecule has 21 heavy (non-hydrogen) atoms. The van der Waals surface area contributed by atoms with E-state index in [1.54, 1.807) is 23.6 Å². The highest BCUT2D eigenvalue weighted by Gasteiger charge is 2.09. The summed E-state index contributed by atoms with van der Waals surface area (Å²) in [4.78, 5) is 8.82. The second kappa shape index (κ2) is 4.83. The van der Waals surface area contributed by atoms with Gasteiger partial charge < -0.3 is 13.9 Å². The SMILES string of the molecule is OCc1ccc(-c2ccc3nc(-c4nccs4)cn3c2)o1. The van der Waals surface area contributed by atoms with Crippen LogP contribution < -0.4 is 0 Å². The largest absolute Gasteiger partial charge is 0.459 e. The number of pyridine rings is 1. The molecule has 0 spiro atoms. The van der Waals surface area contributed by atoms with Crippen molar-refractivity contribution in [3.8, 4) is 22.0 Å². The van der Waals surface area contributed by atoms with Crippen molar-refractivity contribution in [2.24, 2.45) is 0 Å². The number of furan rings is 1. The van der Waals surface area contributed by atoms with Crippen LogP contribution in [0.1, 0.15) is 5.76 Å². The Kier molecular flexibility index (Phi) is 2.83. The van der Waals surface area contributed by atoms with E-state index in [0.29, 0.717) is 5.76 Å². The number of rotatable bonds is 3. The third kappa shape index (κ3) is 2.14. The summed E-state index contributed by atoms with van der Waals surface area (Å²) in [5.41, 5.74) is 2.65. The molecule has 0 fully saturated rings. The number of aliphatic hydroxyl groups is 1. The number of fused-ring (bicyclic) bond motifs is 1. The van der Waals surface area contributed by atoms with Crippen molar-refractivity contribution in [2.45, 2.75) is 6.61 Å². The summed E-state index contributed by atoms with van der Waals surface area (Å²) < 4.78 is 7.50. The first kappa shape index (κ1) is 12.3. The van der Waals surface area contributed by atoms with Crippen molar-refractivity contribution in [3.05, 3.63) is 54.0 Å². The van der Waals surface area contributed by atoms with E-state index in [1.165, 1.54) is 0 Å². The molecule has 4 aromatic heterocycles. The van der Waals surface area contributed by atoms with E-state index in [-0.39, 0.29) is 6.61 Å². The molecule has 0 aromatic carbocycles. The first-order valence-corrected chi connectivity index (χ1v) is 7.30. The molecular weight excluding hydrogens is 286 g/mol. The van der Waals surface area contributed by atoms with Crippen LogP contribution in [0.4, 0.5) is 0 Å². The van der Waals surface area contributed by atoms with Gasteiger partial charge in [-0.15, -0.1) is 11.3 Å². The highest BCUT2D eigenvalue weighted by Crippen LogP contribution is 2.25. The molecule has 0 aliphatic rings. The predicted molar refractivity (Wildman–Crippen MR) is 79.9 cm³/mol. The Labute approximate surface area is 124 Å². The van der Waals surface area contributed by atoms with Gasteiger partial charge in [0.05, 0.1) is 0 Å². The van der Waals surface area contributed by atoms with Crippen LogP contribution >= 0.6 is 11.3 Å². The number of aliphatic hydroxyl groups excluding tert-OH is 1. The normalized spacial score (nSPS) is 11.3. The molecule has 0 unspecified atom stereocenters. The number of hydrogen-bond acceptors (Lipinski definition) is 5. The minimum atomic E-state index is -0.0957. The van der Waals surface area contributed by atoms with Crippen LogP contribution in [0.2, 0.25) is 0 Å². The molecule has 0 radical (unpaired) electrons. The average molecular weight is 297 g/mol. The second-order valence-electron chi connectivity index (χ2n) is 4.57. The standard InChI is InChI=1S/C15H11N3O2S/c19-9-11-2-3-13(20-11)10-1-4-14-17-12(8-18(14)7-10)15-16-5-6-21-15/h1-8,19H,9H2. The zero-order valence-electron chi connectivity index (χ0n) is 10.9. The van der Waals surface area contributed by atoms with Crippen LogP contribution in [-0.2, 0) is 6.61 Å². The summed E-state index contributed by atoms with van der Waals surface area (Å²) in [6, 6.07) is 7.52. The first-order valence-electron chi connectivity index (χ1n) is 6.42. The van der Waals surface area contributed by atoms with Crippen molar-refractivity contribution < 1.29 is 9.52 Å². The van der Waals surface area contributed by atoms with Crippen LogP contribution in [0.15, 0.2) is 52.7 Å². The summed E-state index contributed by atoms with van der Waals surface area (Å²) in [6.45, 7) is -0.0957. The lowest BCUT2D eigenvalue weighted by Gasteiger charge is -1.98. The zero-order chi connectivity index (χ0) is 14.2. The Morgan fingerprint density at radius 1 is 1.19 bits per heavy atom. The topological polar surface area (TPSA) is 63.6 Å². The predicted octanol–water partition coefficient (Wildman–Crippen LogP) is 3.21. The quantitative estimate of drug-likeness (QED) is 0.630. The zero-order valence-corrected chi connectivity index (χ0v) is 11.7. The molecule has 4 rings (SSSR count).